The molecule has 3 rings (SSSR count). The molecule has 0 radical (unpaired) electrons. The number of carbonyl (C=O) groups excluding carboxylic acids is 1. The Kier molecular flexibility index (Phi) is 6.79. The zero-order valence-electron chi connectivity index (χ0n) is 17.4. The van der Waals surface area contributed by atoms with Crippen LogP contribution in [-0.4, -0.2) is 23.9 Å². The standard InChI is InChI=1S/C24H31ClN2O/c1-16-13-18(3)23(14-17(16)2)19(4)26-24(28)21-9-11-27(12-10-21)15-20-5-7-22(25)8-6-20/h5-8,13-14,19,21H,9-12,15H2,1-4H3,(H,26,28). The summed E-state index contributed by atoms with van der Waals surface area (Å²) in [4.78, 5) is 15.2. The first-order chi connectivity index (χ1) is 13.3. The molecule has 1 N–H and O–H groups in total. The number of carbonyl (C=O) groups is 1. The minimum Gasteiger partial charge on any atom is -0.349 e. The number of benzene rings is 2. The highest BCUT2D eigenvalue weighted by Crippen LogP contribution is 2.24. The van der Waals surface area contributed by atoms with Gasteiger partial charge in [0.15, 0.2) is 0 Å². The summed E-state index contributed by atoms with van der Waals surface area (Å²) in [5.74, 6) is 0.298. The van der Waals surface area contributed by atoms with E-state index in [1.807, 2.05) is 12.1 Å². The first kappa shape index (κ1) is 20.9. The summed E-state index contributed by atoms with van der Waals surface area (Å²) in [5.41, 5.74) is 6.31. The zero-order valence-corrected chi connectivity index (χ0v) is 18.1. The van der Waals surface area contributed by atoms with E-state index < -0.39 is 0 Å². The number of halogens is 1. The SMILES string of the molecule is Cc1cc(C)c(C(C)NC(=O)C2CCN(Cc3ccc(Cl)cc3)CC2)cc1C. The van der Waals surface area contributed by atoms with Crippen molar-refractivity contribution in [2.75, 3.05) is 13.1 Å². The van der Waals surface area contributed by atoms with Crippen molar-refractivity contribution in [3.05, 3.63) is 69.2 Å². The van der Waals surface area contributed by atoms with Crippen molar-refractivity contribution in [2.24, 2.45) is 5.92 Å². The van der Waals surface area contributed by atoms with Gasteiger partial charge in [0.2, 0.25) is 5.91 Å². The second-order valence-corrected chi connectivity index (χ2v) is 8.64. The van der Waals surface area contributed by atoms with Gasteiger partial charge in [-0.15, -0.1) is 0 Å². The second kappa shape index (κ2) is 9.11. The van der Waals surface area contributed by atoms with Crippen molar-refractivity contribution in [2.45, 2.75) is 53.1 Å². The van der Waals surface area contributed by atoms with Crippen LogP contribution in [0, 0.1) is 26.7 Å². The van der Waals surface area contributed by atoms with Gasteiger partial charge in [-0.3, -0.25) is 9.69 Å². The van der Waals surface area contributed by atoms with Gasteiger partial charge < -0.3 is 5.32 Å². The van der Waals surface area contributed by atoms with Crippen LogP contribution in [0.5, 0.6) is 0 Å². The summed E-state index contributed by atoms with van der Waals surface area (Å²) in [5, 5.41) is 4.02. The number of rotatable bonds is 5. The van der Waals surface area contributed by atoms with Crippen LogP contribution in [-0.2, 0) is 11.3 Å². The monoisotopic (exact) mass is 398 g/mol. The van der Waals surface area contributed by atoms with Gasteiger partial charge in [-0.2, -0.15) is 0 Å². The molecule has 150 valence electrons. The fourth-order valence-electron chi connectivity index (χ4n) is 4.06. The fourth-order valence-corrected chi connectivity index (χ4v) is 4.19. The molecule has 1 aliphatic rings. The highest BCUT2D eigenvalue weighted by atomic mass is 35.5. The summed E-state index contributed by atoms with van der Waals surface area (Å²) >= 11 is 5.96. The molecule has 0 aromatic heterocycles. The van der Waals surface area contributed by atoms with Crippen LogP contribution in [0.4, 0.5) is 0 Å². The van der Waals surface area contributed by atoms with Crippen molar-refractivity contribution in [3.63, 3.8) is 0 Å². The van der Waals surface area contributed by atoms with Crippen LogP contribution in [0.25, 0.3) is 0 Å². The summed E-state index contributed by atoms with van der Waals surface area (Å²) < 4.78 is 0. The number of hydrogen-bond acceptors (Lipinski definition) is 2. The van der Waals surface area contributed by atoms with Crippen LogP contribution in [0.2, 0.25) is 5.02 Å². The molecule has 0 spiro atoms. The Morgan fingerprint density at radius 3 is 2.32 bits per heavy atom. The van der Waals surface area contributed by atoms with Gasteiger partial charge in [0.25, 0.3) is 0 Å². The predicted molar refractivity (Wildman–Crippen MR) is 117 cm³/mol. The van der Waals surface area contributed by atoms with Gasteiger partial charge in [-0.25, -0.2) is 0 Å². The second-order valence-electron chi connectivity index (χ2n) is 8.20. The molecule has 1 unspecified atom stereocenters. The van der Waals surface area contributed by atoms with Crippen molar-refractivity contribution >= 4 is 17.5 Å². The molecule has 0 aliphatic carbocycles. The smallest absolute Gasteiger partial charge is 0.223 e. The van der Waals surface area contributed by atoms with Crippen molar-refractivity contribution in [1.82, 2.24) is 10.2 Å². The molecule has 1 fully saturated rings. The fraction of sp³-hybridized carbons (Fsp3) is 0.458. The van der Waals surface area contributed by atoms with Crippen molar-refractivity contribution < 1.29 is 4.79 Å². The van der Waals surface area contributed by atoms with E-state index in [1.165, 1.54) is 27.8 Å². The van der Waals surface area contributed by atoms with Crippen LogP contribution in [0.1, 0.15) is 53.6 Å². The average Bonchev–Trinajstić information content (AvgIpc) is 2.67. The maximum Gasteiger partial charge on any atom is 0.223 e. The van der Waals surface area contributed by atoms with Gasteiger partial charge in [-0.05, 0) is 93.6 Å². The molecular formula is C24H31ClN2O. The topological polar surface area (TPSA) is 32.3 Å². The van der Waals surface area contributed by atoms with E-state index in [0.29, 0.717) is 0 Å². The largest absolute Gasteiger partial charge is 0.349 e. The molecule has 2 aromatic rings. The number of hydrogen-bond donors (Lipinski definition) is 1. The maximum atomic E-state index is 12.8. The molecule has 0 bridgehead atoms. The molecule has 1 heterocycles. The molecule has 1 atom stereocenters. The van der Waals surface area contributed by atoms with E-state index in [9.17, 15) is 4.79 Å². The molecule has 2 aromatic carbocycles. The summed E-state index contributed by atoms with van der Waals surface area (Å²) in [7, 11) is 0. The van der Waals surface area contributed by atoms with Crippen LogP contribution in [0.3, 0.4) is 0 Å². The molecule has 1 saturated heterocycles. The summed E-state index contributed by atoms with van der Waals surface area (Å²) in [6.07, 6.45) is 1.83. The van der Waals surface area contributed by atoms with E-state index in [-0.39, 0.29) is 17.9 Å². The Morgan fingerprint density at radius 2 is 1.68 bits per heavy atom. The number of nitrogens with zero attached hydrogens (tertiary/aromatic N) is 1. The molecule has 0 saturated carbocycles. The van der Waals surface area contributed by atoms with E-state index in [0.717, 1.165) is 37.5 Å². The van der Waals surface area contributed by atoms with E-state index in [4.69, 9.17) is 11.6 Å². The summed E-state index contributed by atoms with van der Waals surface area (Å²) in [6, 6.07) is 12.5. The maximum absolute atomic E-state index is 12.8. The Morgan fingerprint density at radius 1 is 1.07 bits per heavy atom. The first-order valence-corrected chi connectivity index (χ1v) is 10.6. The molecule has 1 amide bonds. The van der Waals surface area contributed by atoms with Gasteiger partial charge in [0.1, 0.15) is 0 Å². The zero-order chi connectivity index (χ0) is 20.3. The first-order valence-electron chi connectivity index (χ1n) is 10.2. The minimum atomic E-state index is 0.0406. The normalized spacial score (nSPS) is 16.8. The molecule has 4 heteroatoms. The Balaban J connectivity index is 1.52. The minimum absolute atomic E-state index is 0.0406. The van der Waals surface area contributed by atoms with Crippen LogP contribution < -0.4 is 5.32 Å². The van der Waals surface area contributed by atoms with Gasteiger partial charge in [-0.1, -0.05) is 35.9 Å². The third kappa shape index (κ3) is 5.15. The molecule has 1 aliphatic heterocycles. The van der Waals surface area contributed by atoms with Crippen molar-refractivity contribution in [3.8, 4) is 0 Å². The lowest BCUT2D eigenvalue weighted by Crippen LogP contribution is -2.41. The molecule has 3 nitrogen and oxygen atoms in total. The van der Waals surface area contributed by atoms with Crippen LogP contribution in [0.15, 0.2) is 36.4 Å². The quantitative estimate of drug-likeness (QED) is 0.735. The van der Waals surface area contributed by atoms with Crippen molar-refractivity contribution in [1.29, 1.82) is 0 Å². The summed E-state index contributed by atoms with van der Waals surface area (Å²) in [6.45, 7) is 11.3. The van der Waals surface area contributed by atoms with E-state index in [1.54, 1.807) is 0 Å². The highest BCUT2D eigenvalue weighted by Gasteiger charge is 2.26. The van der Waals surface area contributed by atoms with E-state index >= 15 is 0 Å². The van der Waals surface area contributed by atoms with Gasteiger partial charge >= 0.3 is 0 Å². The number of likely N-dealkylation sites (tertiary alicyclic amines) is 1. The molecular weight excluding hydrogens is 368 g/mol. The number of nitrogens with one attached hydrogen (secondary N) is 1. The lowest BCUT2D eigenvalue weighted by Gasteiger charge is -2.32. The third-order valence-electron chi connectivity index (χ3n) is 5.99. The average molecular weight is 399 g/mol. The number of piperidine rings is 1. The third-order valence-corrected chi connectivity index (χ3v) is 6.24. The Labute approximate surface area is 174 Å². The van der Waals surface area contributed by atoms with Crippen LogP contribution >= 0.6 is 11.6 Å². The number of aryl methyl sites for hydroxylation is 3. The van der Waals surface area contributed by atoms with E-state index in [2.05, 4.69) is 62.2 Å². The lowest BCUT2D eigenvalue weighted by atomic mass is 9.93. The number of amides is 1. The lowest BCUT2D eigenvalue weighted by molar-refractivity contribution is -0.127. The Hall–Kier alpha value is -1.84. The molecule has 28 heavy (non-hydrogen) atoms. The highest BCUT2D eigenvalue weighted by molar-refractivity contribution is 6.30. The van der Waals surface area contributed by atoms with Gasteiger partial charge in [0.05, 0.1) is 6.04 Å². The predicted octanol–water partition coefficient (Wildman–Crippen LogP) is 5.35. The van der Waals surface area contributed by atoms with Gasteiger partial charge in [0, 0.05) is 17.5 Å². The Bertz CT molecular complexity index is 823.